The van der Waals surface area contributed by atoms with Crippen molar-refractivity contribution >= 4 is 5.91 Å². The molecule has 0 spiro atoms. The summed E-state index contributed by atoms with van der Waals surface area (Å²) in [6.07, 6.45) is 1.09. The minimum atomic E-state index is -0.451. The van der Waals surface area contributed by atoms with Gasteiger partial charge >= 0.3 is 0 Å². The van der Waals surface area contributed by atoms with Crippen molar-refractivity contribution in [2.24, 2.45) is 11.1 Å². The molecular weight excluding hydrogens is 192 g/mol. The maximum absolute atomic E-state index is 12.0. The van der Waals surface area contributed by atoms with E-state index >= 15 is 0 Å². The van der Waals surface area contributed by atoms with Crippen molar-refractivity contribution in [1.82, 2.24) is 4.90 Å². The highest BCUT2D eigenvalue weighted by molar-refractivity contribution is 5.82. The molecule has 0 bridgehead atoms. The molecular formula is C11H22N2O2. The lowest BCUT2D eigenvalue weighted by Gasteiger charge is -2.35. The number of aliphatic hydroxyl groups is 1. The van der Waals surface area contributed by atoms with E-state index < -0.39 is 6.04 Å². The zero-order valence-corrected chi connectivity index (χ0v) is 9.86. The van der Waals surface area contributed by atoms with Gasteiger partial charge in [-0.05, 0) is 18.3 Å². The van der Waals surface area contributed by atoms with Crippen LogP contribution in [0.3, 0.4) is 0 Å². The van der Waals surface area contributed by atoms with Crippen molar-refractivity contribution < 1.29 is 9.90 Å². The predicted molar refractivity (Wildman–Crippen MR) is 59.3 cm³/mol. The van der Waals surface area contributed by atoms with E-state index in [0.29, 0.717) is 25.9 Å². The number of carbonyl (C=O) groups is 1. The second-order valence-corrected chi connectivity index (χ2v) is 5.40. The molecule has 0 saturated carbocycles. The summed E-state index contributed by atoms with van der Waals surface area (Å²) in [4.78, 5) is 13.7. The van der Waals surface area contributed by atoms with Gasteiger partial charge in [-0.15, -0.1) is 0 Å². The van der Waals surface area contributed by atoms with Gasteiger partial charge in [0.15, 0.2) is 0 Å². The first kappa shape index (κ1) is 12.5. The Balaban J connectivity index is 2.54. The summed E-state index contributed by atoms with van der Waals surface area (Å²) in [6, 6.07) is -0.451. The van der Waals surface area contributed by atoms with Crippen LogP contribution in [0.15, 0.2) is 0 Å². The molecule has 1 aliphatic rings. The lowest BCUT2D eigenvalue weighted by Crippen LogP contribution is -2.52. The molecule has 0 aromatic rings. The van der Waals surface area contributed by atoms with Crippen molar-refractivity contribution in [1.29, 1.82) is 0 Å². The fourth-order valence-corrected chi connectivity index (χ4v) is 1.65. The third-order valence-corrected chi connectivity index (χ3v) is 2.98. The van der Waals surface area contributed by atoms with Gasteiger partial charge in [0.25, 0.3) is 0 Å². The van der Waals surface area contributed by atoms with Crippen LogP contribution < -0.4 is 5.73 Å². The minimum absolute atomic E-state index is 0.00870. The Morgan fingerprint density at radius 2 is 1.87 bits per heavy atom. The van der Waals surface area contributed by atoms with E-state index in [0.717, 1.165) is 0 Å². The van der Waals surface area contributed by atoms with E-state index in [-0.39, 0.29) is 17.4 Å². The van der Waals surface area contributed by atoms with Crippen LogP contribution in [0.2, 0.25) is 0 Å². The molecule has 1 atom stereocenters. The van der Waals surface area contributed by atoms with Crippen LogP contribution in [0.1, 0.15) is 33.6 Å². The quantitative estimate of drug-likeness (QED) is 0.661. The Bertz CT molecular complexity index is 227. The van der Waals surface area contributed by atoms with Gasteiger partial charge in [-0.2, -0.15) is 0 Å². The summed E-state index contributed by atoms with van der Waals surface area (Å²) >= 11 is 0. The lowest BCUT2D eigenvalue weighted by molar-refractivity contribution is -0.136. The maximum atomic E-state index is 12.0. The molecule has 4 heteroatoms. The van der Waals surface area contributed by atoms with Crippen molar-refractivity contribution in [3.05, 3.63) is 0 Å². The van der Waals surface area contributed by atoms with Gasteiger partial charge in [0.1, 0.15) is 0 Å². The fourth-order valence-electron chi connectivity index (χ4n) is 1.65. The smallest absolute Gasteiger partial charge is 0.240 e. The van der Waals surface area contributed by atoms with Crippen LogP contribution in [-0.4, -0.2) is 41.1 Å². The molecule has 4 nitrogen and oxygen atoms in total. The van der Waals surface area contributed by atoms with E-state index in [1.165, 1.54) is 0 Å². The first-order chi connectivity index (χ1) is 6.82. The molecule has 3 N–H and O–H groups in total. The van der Waals surface area contributed by atoms with Gasteiger partial charge < -0.3 is 15.7 Å². The van der Waals surface area contributed by atoms with Gasteiger partial charge in [-0.3, -0.25) is 4.79 Å². The van der Waals surface area contributed by atoms with Crippen LogP contribution in [0.25, 0.3) is 0 Å². The number of hydrogen-bond donors (Lipinski definition) is 2. The first-order valence-corrected chi connectivity index (χ1v) is 5.55. The number of piperidine rings is 1. The number of carbonyl (C=O) groups excluding carboxylic acids is 1. The Morgan fingerprint density at radius 1 is 1.40 bits per heavy atom. The Morgan fingerprint density at radius 3 is 2.27 bits per heavy atom. The van der Waals surface area contributed by atoms with Crippen molar-refractivity contribution in [2.75, 3.05) is 13.1 Å². The minimum Gasteiger partial charge on any atom is -0.393 e. The summed E-state index contributed by atoms with van der Waals surface area (Å²) in [5.74, 6) is 0.00870. The van der Waals surface area contributed by atoms with Gasteiger partial charge in [0.2, 0.25) is 5.91 Å². The Labute approximate surface area is 91.4 Å². The first-order valence-electron chi connectivity index (χ1n) is 5.55. The number of nitrogens with two attached hydrogens (primary N) is 1. The van der Waals surface area contributed by atoms with Crippen molar-refractivity contribution in [3.63, 3.8) is 0 Å². The largest absolute Gasteiger partial charge is 0.393 e. The lowest BCUT2D eigenvalue weighted by atomic mass is 9.86. The molecule has 88 valence electrons. The molecule has 1 saturated heterocycles. The third-order valence-electron chi connectivity index (χ3n) is 2.98. The average molecular weight is 214 g/mol. The molecule has 1 rings (SSSR count). The predicted octanol–water partition coefficient (Wildman–Crippen LogP) is 0.343. The monoisotopic (exact) mass is 214 g/mol. The van der Waals surface area contributed by atoms with Gasteiger partial charge in [-0.1, -0.05) is 20.8 Å². The van der Waals surface area contributed by atoms with Crippen LogP contribution in [0.5, 0.6) is 0 Å². The number of aliphatic hydroxyl groups excluding tert-OH is 1. The molecule has 0 aromatic heterocycles. The number of amides is 1. The molecule has 1 unspecified atom stereocenters. The maximum Gasteiger partial charge on any atom is 0.240 e. The third kappa shape index (κ3) is 3.18. The van der Waals surface area contributed by atoms with E-state index in [1.807, 2.05) is 20.8 Å². The van der Waals surface area contributed by atoms with Gasteiger partial charge in [0, 0.05) is 13.1 Å². The van der Waals surface area contributed by atoms with Crippen LogP contribution in [0.4, 0.5) is 0 Å². The summed E-state index contributed by atoms with van der Waals surface area (Å²) in [5, 5.41) is 9.34. The van der Waals surface area contributed by atoms with Crippen LogP contribution >= 0.6 is 0 Å². The van der Waals surface area contributed by atoms with Crippen LogP contribution in [0, 0.1) is 5.41 Å². The average Bonchev–Trinajstić information content (AvgIpc) is 2.15. The van der Waals surface area contributed by atoms with Crippen LogP contribution in [-0.2, 0) is 4.79 Å². The summed E-state index contributed by atoms with van der Waals surface area (Å²) in [7, 11) is 0. The molecule has 0 radical (unpaired) electrons. The normalized spacial score (nSPS) is 21.5. The molecule has 1 amide bonds. The zero-order chi connectivity index (χ0) is 11.6. The van der Waals surface area contributed by atoms with Gasteiger partial charge in [-0.25, -0.2) is 0 Å². The Kier molecular flexibility index (Phi) is 3.73. The van der Waals surface area contributed by atoms with E-state index in [9.17, 15) is 9.90 Å². The standard InChI is InChI=1S/C11H22N2O2/c1-11(2,3)9(12)10(15)13-6-4-8(14)5-7-13/h8-9,14H,4-7,12H2,1-3H3. The Hall–Kier alpha value is -0.610. The van der Waals surface area contributed by atoms with E-state index in [1.54, 1.807) is 4.90 Å². The van der Waals surface area contributed by atoms with Crippen molar-refractivity contribution in [3.8, 4) is 0 Å². The molecule has 1 aliphatic heterocycles. The molecule has 0 aliphatic carbocycles. The summed E-state index contributed by atoms with van der Waals surface area (Å²) in [5.41, 5.74) is 5.70. The summed E-state index contributed by atoms with van der Waals surface area (Å²) in [6.45, 7) is 7.16. The molecule has 1 fully saturated rings. The number of rotatable bonds is 1. The fraction of sp³-hybridized carbons (Fsp3) is 0.909. The second-order valence-electron chi connectivity index (χ2n) is 5.40. The molecule has 15 heavy (non-hydrogen) atoms. The van der Waals surface area contributed by atoms with E-state index in [4.69, 9.17) is 5.73 Å². The number of likely N-dealkylation sites (tertiary alicyclic amines) is 1. The summed E-state index contributed by atoms with van der Waals surface area (Å²) < 4.78 is 0. The SMILES string of the molecule is CC(C)(C)C(N)C(=O)N1CCC(O)CC1. The highest BCUT2D eigenvalue weighted by atomic mass is 16.3. The van der Waals surface area contributed by atoms with E-state index in [2.05, 4.69) is 0 Å². The van der Waals surface area contributed by atoms with Crippen molar-refractivity contribution in [2.45, 2.75) is 45.8 Å². The molecule has 0 aromatic carbocycles. The molecule has 1 heterocycles. The highest BCUT2D eigenvalue weighted by Gasteiger charge is 2.32. The highest BCUT2D eigenvalue weighted by Crippen LogP contribution is 2.20. The van der Waals surface area contributed by atoms with Gasteiger partial charge in [0.05, 0.1) is 12.1 Å². The number of hydrogen-bond acceptors (Lipinski definition) is 3. The second kappa shape index (κ2) is 4.49. The topological polar surface area (TPSA) is 66.6 Å². The number of nitrogens with zero attached hydrogens (tertiary/aromatic N) is 1. The zero-order valence-electron chi connectivity index (χ0n) is 9.86.